The Morgan fingerprint density at radius 2 is 1.89 bits per heavy atom. The minimum absolute atomic E-state index is 0.140. The number of thioether (sulfide) groups is 1. The zero-order valence-corrected chi connectivity index (χ0v) is 13.5. The molecule has 0 aliphatic rings. The predicted molar refractivity (Wildman–Crippen MR) is 80.2 cm³/mol. The second kappa shape index (κ2) is 10.5. The maximum absolute atomic E-state index is 12.0. The lowest BCUT2D eigenvalue weighted by Gasteiger charge is -2.27. The molecular weight excluding hydrogens is 264 g/mol. The molecule has 0 saturated heterocycles. The van der Waals surface area contributed by atoms with Crippen LogP contribution in [0.3, 0.4) is 0 Å². The average molecular weight is 292 g/mol. The molecule has 0 aromatic heterocycles. The Hall–Kier alpha value is -0.300. The molecule has 19 heavy (non-hydrogen) atoms. The zero-order valence-electron chi connectivity index (χ0n) is 12.6. The van der Waals surface area contributed by atoms with E-state index in [1.165, 1.54) is 0 Å². The summed E-state index contributed by atoms with van der Waals surface area (Å²) < 4.78 is 10.5. The monoisotopic (exact) mass is 292 g/mol. The van der Waals surface area contributed by atoms with Gasteiger partial charge in [0, 0.05) is 14.2 Å². The molecule has 0 radical (unpaired) electrons. The Morgan fingerprint density at radius 1 is 1.32 bits per heavy atom. The van der Waals surface area contributed by atoms with Crippen molar-refractivity contribution in [2.75, 3.05) is 26.2 Å². The van der Waals surface area contributed by atoms with Crippen molar-refractivity contribution in [3.05, 3.63) is 0 Å². The van der Waals surface area contributed by atoms with Crippen LogP contribution >= 0.6 is 11.8 Å². The predicted octanol–water partition coefficient (Wildman–Crippen LogP) is 1.22. The molecule has 3 N–H and O–H groups in total. The smallest absolute Gasteiger partial charge is 0.237 e. The zero-order chi connectivity index (χ0) is 14.8. The number of hydrogen-bond donors (Lipinski definition) is 2. The lowest BCUT2D eigenvalue weighted by molar-refractivity contribution is -0.138. The molecule has 6 heteroatoms. The lowest BCUT2D eigenvalue weighted by atomic mass is 10.0. The summed E-state index contributed by atoms with van der Waals surface area (Å²) in [6, 6.07) is -0.653. The summed E-state index contributed by atoms with van der Waals surface area (Å²) in [4.78, 5) is 12.0. The van der Waals surface area contributed by atoms with Gasteiger partial charge >= 0.3 is 0 Å². The highest BCUT2D eigenvalue weighted by molar-refractivity contribution is 7.98. The number of hydrogen-bond acceptors (Lipinski definition) is 5. The fraction of sp³-hybridized carbons (Fsp3) is 0.923. The maximum Gasteiger partial charge on any atom is 0.237 e. The van der Waals surface area contributed by atoms with Gasteiger partial charge in [0.1, 0.15) is 0 Å². The molecule has 0 aromatic carbocycles. The summed E-state index contributed by atoms with van der Waals surface area (Å²) in [5.41, 5.74) is 5.88. The molecule has 0 aliphatic heterocycles. The van der Waals surface area contributed by atoms with Gasteiger partial charge in [-0.3, -0.25) is 4.79 Å². The molecule has 114 valence electrons. The Kier molecular flexibility index (Phi) is 10.3. The van der Waals surface area contributed by atoms with E-state index in [-0.39, 0.29) is 11.9 Å². The van der Waals surface area contributed by atoms with Gasteiger partial charge in [-0.25, -0.2) is 0 Å². The van der Waals surface area contributed by atoms with E-state index in [4.69, 9.17) is 15.2 Å². The summed E-state index contributed by atoms with van der Waals surface area (Å²) in [6.45, 7) is 4.09. The Labute approximate surface area is 121 Å². The van der Waals surface area contributed by atoms with Crippen LogP contribution in [-0.2, 0) is 14.3 Å². The minimum atomic E-state index is -0.480. The van der Waals surface area contributed by atoms with Crippen LogP contribution in [0, 0.1) is 5.92 Å². The summed E-state index contributed by atoms with van der Waals surface area (Å²) in [6.07, 6.45) is 3.04. The molecule has 1 amide bonds. The standard InChI is InChI=1S/C13H28N2O3S/c1-9(2)8-10(14)12(16)15-11(6-7-19-5)13(17-3)18-4/h9-11,13H,6-8,14H2,1-5H3,(H,15,16)/t10-,11?/m0/s1. The molecule has 0 fully saturated rings. The van der Waals surface area contributed by atoms with Crippen molar-refractivity contribution in [2.45, 2.75) is 45.1 Å². The quantitative estimate of drug-likeness (QED) is 0.592. The number of nitrogens with one attached hydrogen (secondary N) is 1. The molecule has 0 aromatic rings. The van der Waals surface area contributed by atoms with Crippen LogP contribution < -0.4 is 11.1 Å². The van der Waals surface area contributed by atoms with Crippen LogP contribution in [0.25, 0.3) is 0 Å². The third-order valence-corrected chi connectivity index (χ3v) is 3.46. The summed E-state index contributed by atoms with van der Waals surface area (Å²) in [5.74, 6) is 1.18. The lowest BCUT2D eigenvalue weighted by Crippen LogP contribution is -2.51. The third kappa shape index (κ3) is 7.77. The van der Waals surface area contributed by atoms with Crippen LogP contribution in [0.15, 0.2) is 0 Å². The van der Waals surface area contributed by atoms with Crippen molar-refractivity contribution in [3.63, 3.8) is 0 Å². The fourth-order valence-electron chi connectivity index (χ4n) is 1.85. The summed E-state index contributed by atoms with van der Waals surface area (Å²) in [7, 11) is 3.14. The molecule has 2 atom stereocenters. The molecule has 0 heterocycles. The fourth-order valence-corrected chi connectivity index (χ4v) is 2.34. The van der Waals surface area contributed by atoms with Crippen LogP contribution in [-0.4, -0.2) is 50.5 Å². The normalized spacial score (nSPS) is 14.7. The van der Waals surface area contributed by atoms with E-state index < -0.39 is 12.3 Å². The van der Waals surface area contributed by atoms with Gasteiger partial charge in [0.15, 0.2) is 6.29 Å². The van der Waals surface area contributed by atoms with Crippen molar-refractivity contribution >= 4 is 17.7 Å². The Morgan fingerprint density at radius 3 is 2.32 bits per heavy atom. The average Bonchev–Trinajstić information content (AvgIpc) is 2.35. The van der Waals surface area contributed by atoms with Gasteiger partial charge in [0.2, 0.25) is 5.91 Å². The number of rotatable bonds is 10. The van der Waals surface area contributed by atoms with Crippen LogP contribution in [0.2, 0.25) is 0 Å². The van der Waals surface area contributed by atoms with Crippen molar-refractivity contribution < 1.29 is 14.3 Å². The van der Waals surface area contributed by atoms with Gasteiger partial charge in [0.25, 0.3) is 0 Å². The van der Waals surface area contributed by atoms with Gasteiger partial charge in [-0.2, -0.15) is 11.8 Å². The van der Waals surface area contributed by atoms with Crippen LogP contribution in [0.1, 0.15) is 26.7 Å². The van der Waals surface area contributed by atoms with Gasteiger partial charge in [-0.1, -0.05) is 13.8 Å². The number of amides is 1. The minimum Gasteiger partial charge on any atom is -0.354 e. The van der Waals surface area contributed by atoms with Crippen molar-refractivity contribution in [1.82, 2.24) is 5.32 Å². The van der Waals surface area contributed by atoms with Crippen molar-refractivity contribution in [2.24, 2.45) is 11.7 Å². The number of nitrogens with two attached hydrogens (primary N) is 1. The van der Waals surface area contributed by atoms with Crippen molar-refractivity contribution in [1.29, 1.82) is 0 Å². The first-order valence-electron chi connectivity index (χ1n) is 6.56. The van der Waals surface area contributed by atoms with Gasteiger partial charge in [0.05, 0.1) is 12.1 Å². The van der Waals surface area contributed by atoms with E-state index in [1.807, 2.05) is 20.1 Å². The maximum atomic E-state index is 12.0. The van der Waals surface area contributed by atoms with Crippen LogP contribution in [0.4, 0.5) is 0 Å². The molecule has 0 spiro atoms. The Bertz CT molecular complexity index is 248. The van der Waals surface area contributed by atoms with E-state index in [2.05, 4.69) is 5.32 Å². The molecular formula is C13H28N2O3S. The SMILES string of the molecule is COC(OC)C(CCSC)NC(=O)[C@@H](N)CC(C)C. The van der Waals surface area contributed by atoms with Gasteiger partial charge in [-0.15, -0.1) is 0 Å². The molecule has 0 bridgehead atoms. The molecule has 5 nitrogen and oxygen atoms in total. The molecule has 0 aliphatic carbocycles. The highest BCUT2D eigenvalue weighted by Crippen LogP contribution is 2.10. The summed E-state index contributed by atoms with van der Waals surface area (Å²) >= 11 is 1.72. The highest BCUT2D eigenvalue weighted by atomic mass is 32.2. The molecule has 0 saturated carbocycles. The van der Waals surface area contributed by atoms with Crippen molar-refractivity contribution in [3.8, 4) is 0 Å². The highest BCUT2D eigenvalue weighted by Gasteiger charge is 2.25. The number of carbonyl (C=O) groups excluding carboxylic acids is 1. The topological polar surface area (TPSA) is 73.6 Å². The van der Waals surface area contributed by atoms with E-state index in [0.29, 0.717) is 12.3 Å². The third-order valence-electron chi connectivity index (χ3n) is 2.82. The van der Waals surface area contributed by atoms with E-state index in [9.17, 15) is 4.79 Å². The summed E-state index contributed by atoms with van der Waals surface area (Å²) in [5, 5.41) is 2.93. The Balaban J connectivity index is 4.48. The largest absolute Gasteiger partial charge is 0.354 e. The van der Waals surface area contributed by atoms with E-state index in [0.717, 1.165) is 12.2 Å². The van der Waals surface area contributed by atoms with E-state index in [1.54, 1.807) is 26.0 Å². The van der Waals surface area contributed by atoms with Gasteiger partial charge < -0.3 is 20.5 Å². The molecule has 1 unspecified atom stereocenters. The van der Waals surface area contributed by atoms with Crippen LogP contribution in [0.5, 0.6) is 0 Å². The first-order valence-corrected chi connectivity index (χ1v) is 7.96. The second-order valence-corrected chi connectivity index (χ2v) is 5.96. The number of ether oxygens (including phenoxy) is 2. The van der Waals surface area contributed by atoms with E-state index >= 15 is 0 Å². The first kappa shape index (κ1) is 18.7. The number of carbonyl (C=O) groups is 1. The van der Waals surface area contributed by atoms with Gasteiger partial charge in [-0.05, 0) is 30.8 Å². The molecule has 0 rings (SSSR count). The number of methoxy groups -OCH3 is 2. The first-order chi connectivity index (χ1) is 8.96. The second-order valence-electron chi connectivity index (χ2n) is 4.97.